The van der Waals surface area contributed by atoms with E-state index in [0.717, 1.165) is 71.7 Å². The lowest BCUT2D eigenvalue weighted by Crippen LogP contribution is -2.33. The van der Waals surface area contributed by atoms with Crippen LogP contribution >= 0.6 is 0 Å². The third kappa shape index (κ3) is 3.96. The number of hydrogen-bond donors (Lipinski definition) is 0. The number of methoxy groups -OCH3 is 2. The minimum atomic E-state index is 0.177. The van der Waals surface area contributed by atoms with E-state index in [0.29, 0.717) is 0 Å². The van der Waals surface area contributed by atoms with Crippen molar-refractivity contribution in [1.29, 1.82) is 5.26 Å². The molecule has 1 fully saturated rings. The molecule has 0 aliphatic carbocycles. The first kappa shape index (κ1) is 20.2. The van der Waals surface area contributed by atoms with Gasteiger partial charge in [-0.15, -0.1) is 0 Å². The number of hydrogen-bond acceptors (Lipinski definition) is 5. The predicted octanol–water partition coefficient (Wildman–Crippen LogP) is 4.96. The van der Waals surface area contributed by atoms with E-state index in [4.69, 9.17) is 14.5 Å². The molecule has 5 heteroatoms. The van der Waals surface area contributed by atoms with E-state index >= 15 is 0 Å². The average molecular weight is 402 g/mol. The fraction of sp³-hybridized carbons (Fsp3) is 0.360. The zero-order valence-electron chi connectivity index (χ0n) is 17.8. The van der Waals surface area contributed by atoms with Crippen molar-refractivity contribution in [3.63, 3.8) is 0 Å². The first-order chi connectivity index (χ1) is 14.6. The van der Waals surface area contributed by atoms with E-state index in [2.05, 4.69) is 48.2 Å². The van der Waals surface area contributed by atoms with Gasteiger partial charge in [-0.3, -0.25) is 4.90 Å². The molecule has 2 heterocycles. The Balaban J connectivity index is 1.83. The Kier molecular flexibility index (Phi) is 5.87. The van der Waals surface area contributed by atoms with Gasteiger partial charge in [-0.2, -0.15) is 5.26 Å². The third-order valence-electron chi connectivity index (χ3n) is 5.88. The molecule has 0 amide bonds. The van der Waals surface area contributed by atoms with Crippen molar-refractivity contribution < 1.29 is 9.47 Å². The van der Waals surface area contributed by atoms with Gasteiger partial charge in [-0.05, 0) is 62.7 Å². The van der Waals surface area contributed by atoms with Gasteiger partial charge in [0.25, 0.3) is 0 Å². The summed E-state index contributed by atoms with van der Waals surface area (Å²) in [6.07, 6.45) is 1.85. The highest BCUT2D eigenvalue weighted by Gasteiger charge is 2.21. The van der Waals surface area contributed by atoms with Crippen LogP contribution in [-0.4, -0.2) is 37.2 Å². The Labute approximate surface area is 177 Å². The Morgan fingerprint density at radius 2 is 1.80 bits per heavy atom. The highest BCUT2D eigenvalue weighted by molar-refractivity contribution is 5.93. The van der Waals surface area contributed by atoms with E-state index in [1.165, 1.54) is 5.56 Å². The molecule has 0 N–H and O–H groups in total. The van der Waals surface area contributed by atoms with Crippen molar-refractivity contribution in [3.8, 4) is 28.8 Å². The van der Waals surface area contributed by atoms with Gasteiger partial charge in [0.05, 0.1) is 26.0 Å². The molecule has 154 valence electrons. The highest BCUT2D eigenvalue weighted by atomic mass is 16.5. The van der Waals surface area contributed by atoms with E-state index in [1.54, 1.807) is 14.2 Å². The molecule has 2 aromatic carbocycles. The summed E-state index contributed by atoms with van der Waals surface area (Å²) in [6.45, 7) is 4.75. The Morgan fingerprint density at radius 3 is 2.47 bits per heavy atom. The zero-order chi connectivity index (χ0) is 21.1. The number of aryl methyl sites for hydroxylation is 1. The summed E-state index contributed by atoms with van der Waals surface area (Å²) in [5.74, 6) is 1.70. The molecular weight excluding hydrogens is 374 g/mol. The molecule has 3 aromatic rings. The largest absolute Gasteiger partial charge is 0.496 e. The molecular formula is C25H27N3O2. The first-order valence-electron chi connectivity index (χ1n) is 10.4. The molecule has 0 unspecified atom stereocenters. The summed E-state index contributed by atoms with van der Waals surface area (Å²) in [5.41, 5.74) is 5.24. The topological polar surface area (TPSA) is 58.4 Å². The standard InChI is InChI=1S/C25H27N3O2/c1-17-5-4-6-19(13-17)24-20(16-28-11-9-18(15-26)10-12-28)14-21-22(29-2)7-8-23(30-3)25(21)27-24/h4-8,13-14,18H,9-12,16H2,1-3H3. The molecule has 5 nitrogen and oxygen atoms in total. The minimum absolute atomic E-state index is 0.177. The van der Waals surface area contributed by atoms with Crippen LogP contribution < -0.4 is 9.47 Å². The number of fused-ring (bicyclic) bond motifs is 1. The zero-order valence-corrected chi connectivity index (χ0v) is 17.8. The maximum absolute atomic E-state index is 9.21. The van der Waals surface area contributed by atoms with Gasteiger partial charge < -0.3 is 9.47 Å². The number of aromatic nitrogens is 1. The minimum Gasteiger partial charge on any atom is -0.496 e. The number of ether oxygens (including phenoxy) is 2. The maximum Gasteiger partial charge on any atom is 0.145 e. The van der Waals surface area contributed by atoms with Crippen LogP contribution in [0.25, 0.3) is 22.2 Å². The van der Waals surface area contributed by atoms with Crippen LogP contribution in [0.1, 0.15) is 24.0 Å². The number of rotatable bonds is 5. The van der Waals surface area contributed by atoms with Crippen molar-refractivity contribution in [2.45, 2.75) is 26.3 Å². The normalized spacial score (nSPS) is 15.1. The fourth-order valence-electron chi connectivity index (χ4n) is 4.22. The van der Waals surface area contributed by atoms with E-state index in [1.807, 2.05) is 12.1 Å². The summed E-state index contributed by atoms with van der Waals surface area (Å²) >= 11 is 0. The van der Waals surface area contributed by atoms with Crippen LogP contribution in [0.4, 0.5) is 0 Å². The lowest BCUT2D eigenvalue weighted by atomic mass is 9.96. The molecule has 0 spiro atoms. The van der Waals surface area contributed by atoms with Crippen molar-refractivity contribution >= 4 is 10.9 Å². The van der Waals surface area contributed by atoms with Crippen molar-refractivity contribution in [2.75, 3.05) is 27.3 Å². The highest BCUT2D eigenvalue weighted by Crippen LogP contribution is 2.36. The molecule has 0 bridgehead atoms. The second kappa shape index (κ2) is 8.73. The molecule has 1 aliphatic rings. The summed E-state index contributed by atoms with van der Waals surface area (Å²) in [4.78, 5) is 7.50. The lowest BCUT2D eigenvalue weighted by Gasteiger charge is -2.29. The Bertz CT molecular complexity index is 1100. The summed E-state index contributed by atoms with van der Waals surface area (Å²) < 4.78 is 11.2. The number of benzene rings is 2. The van der Waals surface area contributed by atoms with Crippen LogP contribution in [0.3, 0.4) is 0 Å². The summed E-state index contributed by atoms with van der Waals surface area (Å²) in [7, 11) is 3.35. The monoisotopic (exact) mass is 401 g/mol. The van der Waals surface area contributed by atoms with Crippen LogP contribution in [0.5, 0.6) is 11.5 Å². The van der Waals surface area contributed by atoms with E-state index < -0.39 is 0 Å². The molecule has 0 saturated carbocycles. The molecule has 1 saturated heterocycles. The van der Waals surface area contributed by atoms with Crippen molar-refractivity contribution in [2.24, 2.45) is 5.92 Å². The SMILES string of the molecule is COc1ccc(OC)c2nc(-c3cccc(C)c3)c(CN3CCC(C#N)CC3)cc12. The Hall–Kier alpha value is -3.10. The van der Waals surface area contributed by atoms with Crippen LogP contribution in [0.15, 0.2) is 42.5 Å². The lowest BCUT2D eigenvalue weighted by molar-refractivity contribution is 0.198. The van der Waals surface area contributed by atoms with Crippen LogP contribution in [0.2, 0.25) is 0 Å². The maximum atomic E-state index is 9.21. The molecule has 1 aliphatic heterocycles. The number of nitrogens with zero attached hydrogens (tertiary/aromatic N) is 3. The van der Waals surface area contributed by atoms with Gasteiger partial charge in [-0.25, -0.2) is 4.98 Å². The van der Waals surface area contributed by atoms with Crippen LogP contribution in [-0.2, 0) is 6.54 Å². The Morgan fingerprint density at radius 1 is 1.07 bits per heavy atom. The van der Waals surface area contributed by atoms with Gasteiger partial charge >= 0.3 is 0 Å². The predicted molar refractivity (Wildman–Crippen MR) is 119 cm³/mol. The first-order valence-corrected chi connectivity index (χ1v) is 10.4. The van der Waals surface area contributed by atoms with Gasteiger partial charge in [0.2, 0.25) is 0 Å². The molecule has 1 aromatic heterocycles. The second-order valence-corrected chi connectivity index (χ2v) is 7.91. The number of nitriles is 1. The average Bonchev–Trinajstić information content (AvgIpc) is 2.78. The molecule has 4 rings (SSSR count). The fourth-order valence-corrected chi connectivity index (χ4v) is 4.22. The van der Waals surface area contributed by atoms with Crippen LogP contribution in [0, 0.1) is 24.2 Å². The van der Waals surface area contributed by atoms with E-state index in [9.17, 15) is 5.26 Å². The molecule has 0 radical (unpaired) electrons. The molecule has 30 heavy (non-hydrogen) atoms. The van der Waals surface area contributed by atoms with Gasteiger partial charge in [-0.1, -0.05) is 23.8 Å². The van der Waals surface area contributed by atoms with Gasteiger partial charge in [0, 0.05) is 23.4 Å². The summed E-state index contributed by atoms with van der Waals surface area (Å²) in [6, 6.07) is 16.9. The third-order valence-corrected chi connectivity index (χ3v) is 5.88. The molecule has 0 atom stereocenters. The smallest absolute Gasteiger partial charge is 0.145 e. The summed E-state index contributed by atoms with van der Waals surface area (Å²) in [5, 5.41) is 10.2. The second-order valence-electron chi connectivity index (χ2n) is 7.91. The number of pyridine rings is 1. The van der Waals surface area contributed by atoms with Gasteiger partial charge in [0.1, 0.15) is 17.0 Å². The van der Waals surface area contributed by atoms with Crippen molar-refractivity contribution in [3.05, 3.63) is 53.6 Å². The number of likely N-dealkylation sites (tertiary alicyclic amines) is 1. The van der Waals surface area contributed by atoms with Crippen molar-refractivity contribution in [1.82, 2.24) is 9.88 Å². The van der Waals surface area contributed by atoms with E-state index in [-0.39, 0.29) is 5.92 Å². The number of piperidine rings is 1. The quantitative estimate of drug-likeness (QED) is 0.605. The van der Waals surface area contributed by atoms with Gasteiger partial charge in [0.15, 0.2) is 0 Å².